The first-order valence-electron chi connectivity index (χ1n) is 25.9. The third kappa shape index (κ3) is 15.8. The van der Waals surface area contributed by atoms with Gasteiger partial charge in [0, 0.05) is 88.0 Å². The molecule has 23 heteroatoms. The number of hydrogen-bond donors (Lipinski definition) is 4. The number of anilines is 1. The number of likely N-dealkylation sites (tertiary alicyclic amines) is 1. The Morgan fingerprint density at radius 2 is 1.65 bits per heavy atom. The van der Waals surface area contributed by atoms with Gasteiger partial charge in [-0.05, 0) is 67.9 Å². The van der Waals surface area contributed by atoms with Crippen LogP contribution < -0.4 is 41.5 Å². The Balaban J connectivity index is 0.951. The first-order valence-corrected chi connectivity index (χ1v) is 25.9. The number of unbranched alkanes of at least 4 members (excludes halogenated alkanes) is 2. The summed E-state index contributed by atoms with van der Waals surface area (Å²) in [6, 6.07) is 11.0. The molecule has 5 N–H and O–H groups in total. The van der Waals surface area contributed by atoms with Crippen molar-refractivity contribution in [1.29, 1.82) is 0 Å². The molecule has 0 spiro atoms. The lowest BCUT2D eigenvalue weighted by Crippen LogP contribution is -2.54. The Labute approximate surface area is 444 Å². The molecule has 1 fully saturated rings. The van der Waals surface area contributed by atoms with Crippen molar-refractivity contribution in [1.82, 2.24) is 39.9 Å². The maximum atomic E-state index is 16.5. The van der Waals surface area contributed by atoms with E-state index in [0.29, 0.717) is 97.2 Å². The van der Waals surface area contributed by atoms with Crippen LogP contribution in [0.2, 0.25) is 0 Å². The molecule has 4 unspecified atom stereocenters. The number of fused-ring (bicyclic) bond motifs is 2. The van der Waals surface area contributed by atoms with Crippen molar-refractivity contribution in [2.75, 3.05) is 58.4 Å². The van der Waals surface area contributed by atoms with Gasteiger partial charge in [-0.25, -0.2) is 19.0 Å². The molecule has 0 bridgehead atoms. The van der Waals surface area contributed by atoms with Crippen molar-refractivity contribution in [3.05, 3.63) is 94.7 Å². The number of carbonyl (C=O) groups excluding carboxylic acids is 7. The average molecular weight is 1070 g/mol. The predicted molar refractivity (Wildman–Crippen MR) is 279 cm³/mol. The van der Waals surface area contributed by atoms with E-state index < -0.39 is 42.2 Å². The van der Waals surface area contributed by atoms with Crippen LogP contribution in [-0.4, -0.2) is 142 Å². The van der Waals surface area contributed by atoms with E-state index in [1.807, 2.05) is 4.90 Å². The summed E-state index contributed by atoms with van der Waals surface area (Å²) in [5.74, 6) is -1.53. The van der Waals surface area contributed by atoms with Crippen LogP contribution in [0.15, 0.2) is 77.9 Å². The molecule has 0 saturated carbocycles. The van der Waals surface area contributed by atoms with Gasteiger partial charge in [0.15, 0.2) is 17.3 Å². The molecule has 5 heterocycles. The minimum atomic E-state index is -1.50. The maximum Gasteiger partial charge on any atom is 0.410 e. The van der Waals surface area contributed by atoms with Gasteiger partial charge in [0.2, 0.25) is 11.8 Å². The monoisotopic (exact) mass is 1070 g/mol. The quantitative estimate of drug-likeness (QED) is 0.0501. The number of aromatic nitrogens is 3. The van der Waals surface area contributed by atoms with Gasteiger partial charge in [0.1, 0.15) is 31.7 Å². The number of rotatable bonds is 26. The molecule has 0 radical (unpaired) electrons. The normalized spacial score (nSPS) is 17.0. The molecule has 0 aliphatic carbocycles. The molecule has 77 heavy (non-hydrogen) atoms. The molecule has 22 nitrogen and oxygen atoms in total. The lowest BCUT2D eigenvalue weighted by Gasteiger charge is -2.40. The Morgan fingerprint density at radius 1 is 0.896 bits per heavy atom. The lowest BCUT2D eigenvalue weighted by molar-refractivity contribution is -0.137. The number of alkyl halides is 1. The zero-order chi connectivity index (χ0) is 55.0. The van der Waals surface area contributed by atoms with Crippen LogP contribution in [0.5, 0.6) is 17.2 Å². The fourth-order valence-electron chi connectivity index (χ4n) is 9.48. The topological polar surface area (TPSA) is 276 Å². The molecule has 412 valence electrons. The van der Waals surface area contributed by atoms with Crippen molar-refractivity contribution in [3.8, 4) is 17.2 Å². The number of nitrogens with one attached hydrogen (secondary N) is 3. The number of primary amides is 1. The van der Waals surface area contributed by atoms with E-state index in [1.165, 1.54) is 36.6 Å². The SMILES string of the molecule is COc1ccc2ncc(=O)n(CCN3CCC(N(Cc4cc5c(cn4)OCCO5)C(=O)OCc4ccc(NC(=O)C(CCCNC(N)=O)CC(=O)C(NC(=O)CCCCCN5C(=O)C=CC5=O)C(C)C)cc4)C(F)C3)c2c1. The van der Waals surface area contributed by atoms with Crippen molar-refractivity contribution >= 4 is 58.3 Å². The van der Waals surface area contributed by atoms with Crippen LogP contribution in [0.1, 0.15) is 76.5 Å². The number of carbonyl (C=O) groups is 7. The minimum Gasteiger partial charge on any atom is -0.497 e. The number of imide groups is 1. The number of methoxy groups -OCH3 is 1. The van der Waals surface area contributed by atoms with E-state index in [4.69, 9.17) is 24.7 Å². The van der Waals surface area contributed by atoms with Gasteiger partial charge in [0.05, 0.1) is 54.9 Å². The minimum absolute atomic E-state index is 0.0124. The highest BCUT2D eigenvalue weighted by molar-refractivity contribution is 6.12. The van der Waals surface area contributed by atoms with E-state index >= 15 is 4.39 Å². The van der Waals surface area contributed by atoms with Gasteiger partial charge in [-0.1, -0.05) is 32.4 Å². The summed E-state index contributed by atoms with van der Waals surface area (Å²) >= 11 is 0. The Morgan fingerprint density at radius 3 is 2.36 bits per heavy atom. The van der Waals surface area contributed by atoms with Crippen LogP contribution in [0, 0.1) is 11.8 Å². The molecule has 4 atom stereocenters. The summed E-state index contributed by atoms with van der Waals surface area (Å²) in [6.45, 7) is 5.45. The largest absolute Gasteiger partial charge is 0.497 e. The molecule has 2 aromatic heterocycles. The summed E-state index contributed by atoms with van der Waals surface area (Å²) in [7, 11) is 1.54. The van der Waals surface area contributed by atoms with E-state index in [2.05, 4.69) is 25.9 Å². The molecule has 2 aromatic carbocycles. The number of nitrogens with two attached hydrogens (primary N) is 1. The molecular weight excluding hydrogens is 1000 g/mol. The van der Waals surface area contributed by atoms with E-state index in [0.717, 1.165) is 4.90 Å². The molecule has 7 rings (SSSR count). The van der Waals surface area contributed by atoms with Gasteiger partial charge in [-0.15, -0.1) is 0 Å². The number of hydrogen-bond acceptors (Lipinski definition) is 15. The second-order valence-corrected chi connectivity index (χ2v) is 19.5. The highest BCUT2D eigenvalue weighted by Crippen LogP contribution is 2.31. The van der Waals surface area contributed by atoms with Crippen molar-refractivity contribution in [2.24, 2.45) is 17.6 Å². The van der Waals surface area contributed by atoms with Crippen LogP contribution in [0.25, 0.3) is 11.0 Å². The van der Waals surface area contributed by atoms with Gasteiger partial charge in [0.25, 0.3) is 17.4 Å². The van der Waals surface area contributed by atoms with Gasteiger partial charge >= 0.3 is 12.1 Å². The third-order valence-corrected chi connectivity index (χ3v) is 13.7. The van der Waals surface area contributed by atoms with Crippen LogP contribution in [-0.2, 0) is 48.4 Å². The van der Waals surface area contributed by atoms with Crippen molar-refractivity contribution < 1.29 is 56.9 Å². The van der Waals surface area contributed by atoms with E-state index in [1.54, 1.807) is 66.9 Å². The molecule has 3 aliphatic heterocycles. The highest BCUT2D eigenvalue weighted by atomic mass is 19.1. The maximum absolute atomic E-state index is 16.5. The second kappa shape index (κ2) is 27.2. The predicted octanol–water partition coefficient (Wildman–Crippen LogP) is 4.41. The molecule has 1 saturated heterocycles. The smallest absolute Gasteiger partial charge is 0.410 e. The number of ketones is 1. The summed E-state index contributed by atoms with van der Waals surface area (Å²) in [4.78, 5) is 116. The fraction of sp³-hybridized carbons (Fsp3) is 0.481. The zero-order valence-electron chi connectivity index (χ0n) is 43.6. The number of piperidine rings is 1. The van der Waals surface area contributed by atoms with Crippen molar-refractivity contribution in [3.63, 3.8) is 0 Å². The summed E-state index contributed by atoms with van der Waals surface area (Å²) in [6.07, 6.45) is 5.23. The number of nitrogens with zero attached hydrogens (tertiary/aromatic N) is 6. The van der Waals surface area contributed by atoms with Crippen LogP contribution in [0.3, 0.4) is 0 Å². The first-order chi connectivity index (χ1) is 37.1. The third-order valence-electron chi connectivity index (χ3n) is 13.7. The average Bonchev–Trinajstić information content (AvgIpc) is 3.74. The van der Waals surface area contributed by atoms with Crippen molar-refractivity contribution in [2.45, 2.75) is 103 Å². The number of benzene rings is 2. The van der Waals surface area contributed by atoms with Gasteiger partial charge in [-0.3, -0.25) is 48.5 Å². The summed E-state index contributed by atoms with van der Waals surface area (Å²) in [5.41, 5.74) is 7.55. The fourth-order valence-corrected chi connectivity index (χ4v) is 9.48. The Bertz CT molecular complexity index is 2850. The van der Waals surface area contributed by atoms with Crippen LogP contribution >= 0.6 is 0 Å². The van der Waals surface area contributed by atoms with Gasteiger partial charge < -0.3 is 45.2 Å². The van der Waals surface area contributed by atoms with Gasteiger partial charge in [-0.2, -0.15) is 0 Å². The number of urea groups is 1. The summed E-state index contributed by atoms with van der Waals surface area (Å²) < 4.78 is 40.7. The number of pyridine rings is 1. The lowest BCUT2D eigenvalue weighted by atomic mass is 9.89. The Kier molecular flexibility index (Phi) is 20.1. The van der Waals surface area contributed by atoms with Crippen LogP contribution in [0.4, 0.5) is 19.7 Å². The number of Topliss-reactive ketones (excluding diaryl/α,β-unsaturated/α-hetero) is 1. The summed E-state index contributed by atoms with van der Waals surface area (Å²) in [5, 5.41) is 8.19. The standard InChI is InChI=1S/C54H67FN10O12/c1-34(2)51(61-47(67)9-5-4-6-20-64-48(68)16-17-49(64)69)44(66)26-36(8-7-19-57-53(56)72)52(71)60-37-12-10-35(11-13-37)33-77-54(73)65(31-38-27-45-46(29-58-38)76-25-24-75-45)42-18-21-62(32-40(42)55)22-23-63-43-28-39(74-3)14-15-41(43)59-30-50(63)70/h10-17,27-30,34,36,40,42,51H,4-9,18-26,31-33H2,1-3H3,(H,60,71)(H,61,67)(H3,56,57,72). The zero-order valence-corrected chi connectivity index (χ0v) is 43.6. The highest BCUT2D eigenvalue weighted by Gasteiger charge is 2.38. The molecule has 7 amide bonds. The number of halogens is 1. The number of amides is 7. The molecule has 4 aromatic rings. The van der Waals surface area contributed by atoms with E-state index in [9.17, 15) is 38.4 Å². The molecular formula is C54H67FN10O12. The Hall–Kier alpha value is -7.95. The first kappa shape index (κ1) is 56.8. The second-order valence-electron chi connectivity index (χ2n) is 19.5. The van der Waals surface area contributed by atoms with E-state index in [-0.39, 0.29) is 100.0 Å². The number of ether oxygens (including phenoxy) is 4. The molecule has 3 aliphatic rings.